The van der Waals surface area contributed by atoms with Gasteiger partial charge >= 0.3 is 0 Å². The van der Waals surface area contributed by atoms with Crippen molar-refractivity contribution >= 4 is 11.3 Å². The van der Waals surface area contributed by atoms with E-state index in [0.29, 0.717) is 0 Å². The van der Waals surface area contributed by atoms with E-state index in [1.54, 1.807) is 10.4 Å². The fourth-order valence-electron chi connectivity index (χ4n) is 2.30. The maximum atomic E-state index is 3.54. The van der Waals surface area contributed by atoms with Crippen molar-refractivity contribution in [3.63, 3.8) is 0 Å². The van der Waals surface area contributed by atoms with E-state index in [1.165, 1.54) is 37.0 Å². The molecule has 0 aliphatic heterocycles. The van der Waals surface area contributed by atoms with Crippen LogP contribution in [0.5, 0.6) is 0 Å². The van der Waals surface area contributed by atoms with Crippen LogP contribution in [-0.2, 0) is 19.4 Å². The predicted molar refractivity (Wildman–Crippen MR) is 72.1 cm³/mol. The van der Waals surface area contributed by atoms with Gasteiger partial charge in [-0.25, -0.2) is 0 Å². The second-order valence-corrected chi connectivity index (χ2v) is 6.47. The highest BCUT2D eigenvalue weighted by Gasteiger charge is 2.11. The molecule has 0 saturated heterocycles. The highest BCUT2D eigenvalue weighted by molar-refractivity contribution is 7.12. The molecule has 0 atom stereocenters. The average molecular weight is 237 g/mol. The van der Waals surface area contributed by atoms with Gasteiger partial charge in [0.15, 0.2) is 0 Å². The Hall–Kier alpha value is -0.340. The van der Waals surface area contributed by atoms with Crippen molar-refractivity contribution in [3.05, 3.63) is 21.4 Å². The lowest BCUT2D eigenvalue weighted by Gasteiger charge is -2.05. The van der Waals surface area contributed by atoms with Gasteiger partial charge in [0, 0.05) is 16.3 Å². The van der Waals surface area contributed by atoms with Crippen molar-refractivity contribution in [2.24, 2.45) is 5.92 Å². The Kier molecular flexibility index (Phi) is 4.42. The number of nitrogens with one attached hydrogen (secondary N) is 1. The van der Waals surface area contributed by atoms with E-state index < -0.39 is 0 Å². The van der Waals surface area contributed by atoms with Gasteiger partial charge in [0.05, 0.1) is 0 Å². The third-order valence-electron chi connectivity index (χ3n) is 3.15. The first-order chi connectivity index (χ1) is 7.75. The number of hydrogen-bond acceptors (Lipinski definition) is 2. The standard InChI is InChI=1S/C14H23NS/c1-11(2)9-15-10-13-8-12-6-4-3-5-7-14(12)16-13/h8,11,15H,3-7,9-10H2,1-2H3. The maximum absolute atomic E-state index is 3.54. The Morgan fingerprint density at radius 2 is 2.06 bits per heavy atom. The summed E-state index contributed by atoms with van der Waals surface area (Å²) in [4.78, 5) is 3.20. The molecule has 1 aromatic heterocycles. The van der Waals surface area contributed by atoms with Gasteiger partial charge < -0.3 is 5.32 Å². The predicted octanol–water partition coefficient (Wildman–Crippen LogP) is 3.76. The number of thiophene rings is 1. The molecule has 0 bridgehead atoms. The fraction of sp³-hybridized carbons (Fsp3) is 0.714. The molecule has 0 aromatic carbocycles. The van der Waals surface area contributed by atoms with Crippen LogP contribution in [0.2, 0.25) is 0 Å². The average Bonchev–Trinajstić information content (AvgIpc) is 2.48. The van der Waals surface area contributed by atoms with E-state index in [0.717, 1.165) is 19.0 Å². The molecule has 16 heavy (non-hydrogen) atoms. The van der Waals surface area contributed by atoms with Crippen molar-refractivity contribution < 1.29 is 0 Å². The summed E-state index contributed by atoms with van der Waals surface area (Å²) in [6.07, 6.45) is 6.84. The van der Waals surface area contributed by atoms with Crippen LogP contribution in [0.1, 0.15) is 48.4 Å². The summed E-state index contributed by atoms with van der Waals surface area (Å²) in [6, 6.07) is 2.44. The SMILES string of the molecule is CC(C)CNCc1cc2c(s1)CCCCC2. The molecule has 0 saturated carbocycles. The van der Waals surface area contributed by atoms with Gasteiger partial charge in [0.2, 0.25) is 0 Å². The summed E-state index contributed by atoms with van der Waals surface area (Å²) in [5, 5.41) is 3.54. The largest absolute Gasteiger partial charge is 0.312 e. The first-order valence-electron chi connectivity index (χ1n) is 6.57. The molecule has 1 aromatic rings. The number of rotatable bonds is 4. The molecule has 0 amide bonds. The minimum atomic E-state index is 0.748. The van der Waals surface area contributed by atoms with Gasteiger partial charge in [-0.1, -0.05) is 20.3 Å². The van der Waals surface area contributed by atoms with Gasteiger partial charge in [-0.3, -0.25) is 0 Å². The second-order valence-electron chi connectivity index (χ2n) is 5.25. The van der Waals surface area contributed by atoms with Crippen LogP contribution in [-0.4, -0.2) is 6.54 Å². The van der Waals surface area contributed by atoms with Crippen LogP contribution in [0.25, 0.3) is 0 Å². The first kappa shape index (κ1) is 12.1. The molecule has 1 N–H and O–H groups in total. The van der Waals surface area contributed by atoms with Gasteiger partial charge in [0.25, 0.3) is 0 Å². The van der Waals surface area contributed by atoms with Crippen LogP contribution < -0.4 is 5.32 Å². The van der Waals surface area contributed by atoms with Crippen molar-refractivity contribution in [3.8, 4) is 0 Å². The lowest BCUT2D eigenvalue weighted by Crippen LogP contribution is -2.18. The van der Waals surface area contributed by atoms with Crippen molar-refractivity contribution in [1.82, 2.24) is 5.32 Å². The van der Waals surface area contributed by atoms with Gasteiger partial charge in [-0.2, -0.15) is 0 Å². The van der Waals surface area contributed by atoms with Crippen molar-refractivity contribution in [2.45, 2.75) is 52.5 Å². The van der Waals surface area contributed by atoms with E-state index >= 15 is 0 Å². The summed E-state index contributed by atoms with van der Waals surface area (Å²) in [6.45, 7) is 6.71. The summed E-state index contributed by atoms with van der Waals surface area (Å²) in [5.41, 5.74) is 1.64. The molecular weight excluding hydrogens is 214 g/mol. The van der Waals surface area contributed by atoms with Gasteiger partial charge in [-0.05, 0) is 49.8 Å². The minimum Gasteiger partial charge on any atom is -0.312 e. The van der Waals surface area contributed by atoms with E-state index in [2.05, 4.69) is 25.2 Å². The van der Waals surface area contributed by atoms with Crippen LogP contribution in [0.4, 0.5) is 0 Å². The van der Waals surface area contributed by atoms with Crippen molar-refractivity contribution in [2.75, 3.05) is 6.54 Å². The van der Waals surface area contributed by atoms with Crippen LogP contribution in [0, 0.1) is 5.92 Å². The highest BCUT2D eigenvalue weighted by Crippen LogP contribution is 2.28. The van der Waals surface area contributed by atoms with Gasteiger partial charge in [-0.15, -0.1) is 11.3 Å². The smallest absolute Gasteiger partial charge is 0.0300 e. The Morgan fingerprint density at radius 1 is 1.25 bits per heavy atom. The quantitative estimate of drug-likeness (QED) is 0.786. The lowest BCUT2D eigenvalue weighted by atomic mass is 10.1. The normalized spacial score (nSPS) is 16.2. The first-order valence-corrected chi connectivity index (χ1v) is 7.38. The molecule has 1 heterocycles. The van der Waals surface area contributed by atoms with Crippen molar-refractivity contribution in [1.29, 1.82) is 0 Å². The lowest BCUT2D eigenvalue weighted by molar-refractivity contribution is 0.554. The number of aryl methyl sites for hydroxylation is 2. The summed E-state index contributed by atoms with van der Waals surface area (Å²) in [5.74, 6) is 0.748. The third kappa shape index (κ3) is 3.33. The zero-order valence-corrected chi connectivity index (χ0v) is 11.3. The number of fused-ring (bicyclic) bond motifs is 1. The third-order valence-corrected chi connectivity index (χ3v) is 4.39. The molecule has 2 heteroatoms. The number of hydrogen-bond donors (Lipinski definition) is 1. The zero-order valence-electron chi connectivity index (χ0n) is 10.5. The molecule has 1 aliphatic rings. The van der Waals surface area contributed by atoms with E-state index in [1.807, 2.05) is 11.3 Å². The van der Waals surface area contributed by atoms with E-state index in [9.17, 15) is 0 Å². The molecule has 0 radical (unpaired) electrons. The molecule has 1 aliphatic carbocycles. The molecular formula is C14H23NS. The second kappa shape index (κ2) is 5.83. The molecule has 90 valence electrons. The van der Waals surface area contributed by atoms with E-state index in [-0.39, 0.29) is 0 Å². The summed E-state index contributed by atoms with van der Waals surface area (Å²) in [7, 11) is 0. The monoisotopic (exact) mass is 237 g/mol. The van der Waals surface area contributed by atoms with Crippen LogP contribution in [0.15, 0.2) is 6.07 Å². The fourth-order valence-corrected chi connectivity index (χ4v) is 3.53. The molecule has 2 rings (SSSR count). The molecule has 0 fully saturated rings. The Balaban J connectivity index is 1.91. The Labute approximate surface area is 103 Å². The Morgan fingerprint density at radius 3 is 2.88 bits per heavy atom. The molecule has 1 nitrogen and oxygen atoms in total. The molecule has 0 unspecified atom stereocenters. The van der Waals surface area contributed by atoms with Crippen LogP contribution >= 0.6 is 11.3 Å². The minimum absolute atomic E-state index is 0.748. The topological polar surface area (TPSA) is 12.0 Å². The Bertz CT molecular complexity index is 304. The molecule has 0 spiro atoms. The summed E-state index contributed by atoms with van der Waals surface area (Å²) < 4.78 is 0. The summed E-state index contributed by atoms with van der Waals surface area (Å²) >= 11 is 2.04. The zero-order chi connectivity index (χ0) is 11.4. The highest BCUT2D eigenvalue weighted by atomic mass is 32.1. The van der Waals surface area contributed by atoms with Crippen LogP contribution in [0.3, 0.4) is 0 Å². The van der Waals surface area contributed by atoms with Gasteiger partial charge in [0.1, 0.15) is 0 Å². The van der Waals surface area contributed by atoms with E-state index in [4.69, 9.17) is 0 Å². The maximum Gasteiger partial charge on any atom is 0.0300 e.